The molecule has 1 N–H and O–H groups in total. The molecule has 0 aromatic heterocycles. The van der Waals surface area contributed by atoms with Crippen molar-refractivity contribution in [1.82, 2.24) is 5.32 Å². The molecule has 0 saturated heterocycles. The summed E-state index contributed by atoms with van der Waals surface area (Å²) in [7, 11) is 1.66. The summed E-state index contributed by atoms with van der Waals surface area (Å²) in [6.45, 7) is 3.02. The molecule has 0 radical (unpaired) electrons. The molecule has 0 aliphatic rings. The molecule has 0 aliphatic heterocycles. The molecule has 0 fully saturated rings. The maximum Gasteiger partial charge on any atom is 0.126 e. The summed E-state index contributed by atoms with van der Waals surface area (Å²) in [4.78, 5) is 0. The van der Waals surface area contributed by atoms with Crippen LogP contribution in [0.4, 0.5) is 4.39 Å². The molecule has 0 saturated carbocycles. The quantitative estimate of drug-likeness (QED) is 0.827. The normalized spacial score (nSPS) is 12.1. The van der Waals surface area contributed by atoms with Crippen molar-refractivity contribution in [2.45, 2.75) is 25.8 Å². The van der Waals surface area contributed by atoms with Crippen LogP contribution in [0.1, 0.15) is 30.5 Å². The highest BCUT2D eigenvalue weighted by Gasteiger charge is 2.14. The van der Waals surface area contributed by atoms with Gasteiger partial charge in [0.05, 0.1) is 7.11 Å². The monoisotopic (exact) mass is 287 g/mol. The molecule has 2 aromatic carbocycles. The Labute approximate surface area is 126 Å². The average molecular weight is 287 g/mol. The van der Waals surface area contributed by atoms with E-state index in [9.17, 15) is 4.39 Å². The highest BCUT2D eigenvalue weighted by atomic mass is 19.1. The van der Waals surface area contributed by atoms with Gasteiger partial charge in [-0.05, 0) is 48.7 Å². The van der Waals surface area contributed by atoms with Crippen molar-refractivity contribution in [3.8, 4) is 5.75 Å². The van der Waals surface area contributed by atoms with E-state index in [2.05, 4.69) is 18.3 Å². The van der Waals surface area contributed by atoms with E-state index in [-0.39, 0.29) is 11.9 Å². The van der Waals surface area contributed by atoms with E-state index in [0.29, 0.717) is 6.42 Å². The lowest BCUT2D eigenvalue weighted by molar-refractivity contribution is 0.412. The molecule has 1 unspecified atom stereocenters. The second-order valence-electron chi connectivity index (χ2n) is 5.08. The number of ether oxygens (including phenoxy) is 1. The standard InChI is InChI=1S/C18H22FNO/c1-3-11-20-18(13-14-7-4-5-10-17(14)19)15-8-6-9-16(12-15)21-2/h4-10,12,18,20H,3,11,13H2,1-2H3. The first kappa shape index (κ1) is 15.5. The van der Waals surface area contributed by atoms with Gasteiger partial charge in [0.15, 0.2) is 0 Å². The van der Waals surface area contributed by atoms with E-state index in [1.54, 1.807) is 13.2 Å². The molecular formula is C18H22FNO. The van der Waals surface area contributed by atoms with Crippen LogP contribution in [0, 0.1) is 5.82 Å². The fourth-order valence-corrected chi connectivity index (χ4v) is 2.37. The van der Waals surface area contributed by atoms with Gasteiger partial charge in [0, 0.05) is 6.04 Å². The Hall–Kier alpha value is -1.87. The van der Waals surface area contributed by atoms with Gasteiger partial charge in [0.2, 0.25) is 0 Å². The van der Waals surface area contributed by atoms with Gasteiger partial charge in [-0.2, -0.15) is 0 Å². The van der Waals surface area contributed by atoms with Gasteiger partial charge in [-0.25, -0.2) is 4.39 Å². The van der Waals surface area contributed by atoms with Crippen molar-refractivity contribution in [2.24, 2.45) is 0 Å². The fourth-order valence-electron chi connectivity index (χ4n) is 2.37. The van der Waals surface area contributed by atoms with E-state index in [1.165, 1.54) is 6.07 Å². The minimum Gasteiger partial charge on any atom is -0.497 e. The first-order chi connectivity index (χ1) is 10.2. The van der Waals surface area contributed by atoms with Crippen LogP contribution < -0.4 is 10.1 Å². The minimum atomic E-state index is -0.149. The second-order valence-corrected chi connectivity index (χ2v) is 5.08. The van der Waals surface area contributed by atoms with Crippen molar-refractivity contribution < 1.29 is 9.13 Å². The topological polar surface area (TPSA) is 21.3 Å². The van der Waals surface area contributed by atoms with Crippen molar-refractivity contribution in [3.63, 3.8) is 0 Å². The molecule has 0 spiro atoms. The van der Waals surface area contributed by atoms with Crippen molar-refractivity contribution >= 4 is 0 Å². The van der Waals surface area contributed by atoms with Crippen molar-refractivity contribution in [1.29, 1.82) is 0 Å². The van der Waals surface area contributed by atoms with Crippen LogP contribution >= 0.6 is 0 Å². The molecule has 1 atom stereocenters. The largest absolute Gasteiger partial charge is 0.497 e. The van der Waals surface area contributed by atoms with Crippen LogP contribution in [-0.4, -0.2) is 13.7 Å². The SMILES string of the molecule is CCCNC(Cc1ccccc1F)c1cccc(OC)c1. The summed E-state index contributed by atoms with van der Waals surface area (Å²) >= 11 is 0. The zero-order chi connectivity index (χ0) is 15.1. The molecule has 0 aliphatic carbocycles. The molecule has 21 heavy (non-hydrogen) atoms. The highest BCUT2D eigenvalue weighted by molar-refractivity contribution is 5.32. The van der Waals surface area contributed by atoms with E-state index in [1.807, 2.05) is 30.3 Å². The first-order valence-electron chi connectivity index (χ1n) is 7.35. The van der Waals surface area contributed by atoms with Gasteiger partial charge in [-0.3, -0.25) is 0 Å². The number of rotatable bonds is 7. The first-order valence-corrected chi connectivity index (χ1v) is 7.35. The third-order valence-electron chi connectivity index (χ3n) is 3.52. The van der Waals surface area contributed by atoms with Crippen molar-refractivity contribution in [2.75, 3.05) is 13.7 Å². The van der Waals surface area contributed by atoms with E-state index in [0.717, 1.165) is 29.8 Å². The van der Waals surface area contributed by atoms with E-state index < -0.39 is 0 Å². The summed E-state index contributed by atoms with van der Waals surface area (Å²) in [5.41, 5.74) is 1.85. The van der Waals surface area contributed by atoms with Crippen LogP contribution in [0.15, 0.2) is 48.5 Å². The predicted octanol–water partition coefficient (Wildman–Crippen LogP) is 4.12. The Bertz CT molecular complexity index is 571. The van der Waals surface area contributed by atoms with Gasteiger partial charge < -0.3 is 10.1 Å². The lowest BCUT2D eigenvalue weighted by Crippen LogP contribution is -2.24. The number of methoxy groups -OCH3 is 1. The van der Waals surface area contributed by atoms with Gasteiger partial charge in [0.25, 0.3) is 0 Å². The Morgan fingerprint density at radius 3 is 2.67 bits per heavy atom. The number of halogens is 1. The molecule has 0 heterocycles. The molecule has 0 amide bonds. The van der Waals surface area contributed by atoms with Crippen molar-refractivity contribution in [3.05, 3.63) is 65.5 Å². The molecule has 2 rings (SSSR count). The van der Waals surface area contributed by atoms with Gasteiger partial charge in [-0.1, -0.05) is 37.3 Å². The van der Waals surface area contributed by atoms with E-state index in [4.69, 9.17) is 4.74 Å². The minimum absolute atomic E-state index is 0.0805. The predicted molar refractivity (Wildman–Crippen MR) is 84.1 cm³/mol. The van der Waals surface area contributed by atoms with Gasteiger partial charge >= 0.3 is 0 Å². The summed E-state index contributed by atoms with van der Waals surface area (Å²) in [5, 5.41) is 3.49. The summed E-state index contributed by atoms with van der Waals surface area (Å²) in [6.07, 6.45) is 1.66. The number of hydrogen-bond donors (Lipinski definition) is 1. The number of benzene rings is 2. The maximum atomic E-state index is 13.9. The lowest BCUT2D eigenvalue weighted by atomic mass is 9.98. The van der Waals surface area contributed by atoms with Crippen LogP contribution in [0.2, 0.25) is 0 Å². The molecule has 2 nitrogen and oxygen atoms in total. The Morgan fingerprint density at radius 1 is 1.14 bits per heavy atom. The average Bonchev–Trinajstić information content (AvgIpc) is 2.53. The Kier molecular flexibility index (Phi) is 5.76. The summed E-state index contributed by atoms with van der Waals surface area (Å²) < 4.78 is 19.2. The lowest BCUT2D eigenvalue weighted by Gasteiger charge is -2.20. The maximum absolute atomic E-state index is 13.9. The van der Waals surface area contributed by atoms with Crippen LogP contribution in [0.25, 0.3) is 0 Å². The Morgan fingerprint density at radius 2 is 1.95 bits per heavy atom. The zero-order valence-corrected chi connectivity index (χ0v) is 12.6. The van der Waals surface area contributed by atoms with Crippen LogP contribution in [0.3, 0.4) is 0 Å². The van der Waals surface area contributed by atoms with Crippen LogP contribution in [0.5, 0.6) is 5.75 Å². The highest BCUT2D eigenvalue weighted by Crippen LogP contribution is 2.23. The summed E-state index contributed by atoms with van der Waals surface area (Å²) in [6, 6.07) is 15.0. The summed E-state index contributed by atoms with van der Waals surface area (Å²) in [5.74, 6) is 0.674. The number of hydrogen-bond acceptors (Lipinski definition) is 2. The zero-order valence-electron chi connectivity index (χ0n) is 12.6. The molecular weight excluding hydrogens is 265 g/mol. The smallest absolute Gasteiger partial charge is 0.126 e. The third kappa shape index (κ3) is 4.30. The Balaban J connectivity index is 2.23. The van der Waals surface area contributed by atoms with Gasteiger partial charge in [0.1, 0.15) is 11.6 Å². The number of nitrogens with one attached hydrogen (secondary N) is 1. The van der Waals surface area contributed by atoms with Gasteiger partial charge in [-0.15, -0.1) is 0 Å². The third-order valence-corrected chi connectivity index (χ3v) is 3.52. The van der Waals surface area contributed by atoms with Crippen LogP contribution in [-0.2, 0) is 6.42 Å². The van der Waals surface area contributed by atoms with E-state index >= 15 is 0 Å². The molecule has 2 aromatic rings. The molecule has 0 bridgehead atoms. The second kappa shape index (κ2) is 7.79. The fraction of sp³-hybridized carbons (Fsp3) is 0.333. The molecule has 112 valence electrons. The molecule has 3 heteroatoms.